The minimum absolute atomic E-state index is 0.441. The second kappa shape index (κ2) is 6.45. The van der Waals surface area contributed by atoms with Crippen molar-refractivity contribution < 1.29 is 8.42 Å². The van der Waals surface area contributed by atoms with Crippen molar-refractivity contribution >= 4 is 38.3 Å². The van der Waals surface area contributed by atoms with Crippen molar-refractivity contribution in [2.45, 2.75) is 6.92 Å². The average Bonchev–Trinajstić information content (AvgIpc) is 2.31. The number of benzene rings is 1. The molecule has 2 N–H and O–H groups in total. The lowest BCUT2D eigenvalue weighted by Gasteiger charge is -2.08. The van der Waals surface area contributed by atoms with Crippen LogP contribution in [0, 0.1) is 18.4 Å². The van der Waals surface area contributed by atoms with Crippen LogP contribution in [0.3, 0.4) is 0 Å². The molecule has 0 aliphatic heterocycles. The molecule has 1 aromatic carbocycles. The van der Waals surface area contributed by atoms with Gasteiger partial charge in [-0.05, 0) is 30.9 Å². The highest BCUT2D eigenvalue weighted by Crippen LogP contribution is 2.23. The third kappa shape index (κ3) is 5.19. The SMILES string of the molecule is CSC(=Nc1ccc(C)c(NS(C)(=O)=O)c1)NC#N. The van der Waals surface area contributed by atoms with E-state index in [1.165, 1.54) is 11.8 Å². The number of aliphatic imine (C=N–C) groups is 1. The molecule has 0 fully saturated rings. The molecule has 8 heteroatoms. The van der Waals surface area contributed by atoms with Gasteiger partial charge in [0, 0.05) is 0 Å². The fourth-order valence-corrected chi connectivity index (χ4v) is 2.24. The Hall–Kier alpha value is -1.72. The van der Waals surface area contributed by atoms with E-state index in [0.717, 1.165) is 11.8 Å². The Morgan fingerprint density at radius 3 is 2.68 bits per heavy atom. The molecule has 0 aromatic heterocycles. The molecular weight excluding hydrogens is 284 g/mol. The fourth-order valence-electron chi connectivity index (χ4n) is 1.28. The number of hydrogen-bond donors (Lipinski definition) is 2. The molecule has 102 valence electrons. The van der Waals surface area contributed by atoms with Gasteiger partial charge in [0.1, 0.15) is 0 Å². The molecule has 0 aliphatic rings. The van der Waals surface area contributed by atoms with E-state index < -0.39 is 10.0 Å². The van der Waals surface area contributed by atoms with Crippen LogP contribution in [0.4, 0.5) is 11.4 Å². The number of anilines is 1. The minimum atomic E-state index is -3.33. The highest BCUT2D eigenvalue weighted by atomic mass is 32.2. The predicted molar refractivity (Wildman–Crippen MR) is 79.0 cm³/mol. The van der Waals surface area contributed by atoms with Gasteiger partial charge in [-0.25, -0.2) is 13.4 Å². The maximum atomic E-state index is 11.2. The van der Waals surface area contributed by atoms with Crippen LogP contribution in [0.5, 0.6) is 0 Å². The first-order valence-electron chi connectivity index (χ1n) is 5.22. The molecule has 0 bridgehead atoms. The van der Waals surface area contributed by atoms with Crippen molar-refractivity contribution in [2.24, 2.45) is 4.99 Å². The van der Waals surface area contributed by atoms with Crippen LogP contribution in [0.25, 0.3) is 0 Å². The van der Waals surface area contributed by atoms with Crippen LogP contribution < -0.4 is 10.0 Å². The summed E-state index contributed by atoms with van der Waals surface area (Å²) in [5.74, 6) is 0. The van der Waals surface area contributed by atoms with Gasteiger partial charge in [-0.3, -0.25) is 10.0 Å². The van der Waals surface area contributed by atoms with Crippen molar-refractivity contribution in [3.05, 3.63) is 23.8 Å². The first-order valence-corrected chi connectivity index (χ1v) is 8.33. The number of hydrogen-bond acceptors (Lipinski definition) is 5. The third-order valence-corrected chi connectivity index (χ3v) is 3.27. The van der Waals surface area contributed by atoms with Gasteiger partial charge in [-0.1, -0.05) is 17.8 Å². The summed E-state index contributed by atoms with van der Waals surface area (Å²) in [4.78, 5) is 4.21. The molecule has 0 atom stereocenters. The Bertz CT molecular complexity index is 633. The summed E-state index contributed by atoms with van der Waals surface area (Å²) in [6, 6.07) is 5.13. The van der Waals surface area contributed by atoms with Crippen LogP contribution in [0.15, 0.2) is 23.2 Å². The lowest BCUT2D eigenvalue weighted by Crippen LogP contribution is -2.12. The molecule has 6 nitrogen and oxygen atoms in total. The maximum absolute atomic E-state index is 11.2. The van der Waals surface area contributed by atoms with E-state index in [-0.39, 0.29) is 0 Å². The van der Waals surface area contributed by atoms with Crippen LogP contribution in [-0.4, -0.2) is 26.1 Å². The molecule has 0 amide bonds. The largest absolute Gasteiger partial charge is 0.283 e. The summed E-state index contributed by atoms with van der Waals surface area (Å²) in [5.41, 5.74) is 1.83. The van der Waals surface area contributed by atoms with Gasteiger partial charge in [-0.15, -0.1) is 0 Å². The first kappa shape index (κ1) is 15.3. The standard InChI is InChI=1S/C11H14N4O2S2/c1-8-4-5-9(14-11(18-2)13-7-12)6-10(8)15-19(3,16)17/h4-6,15H,1-3H3,(H,13,14). The Balaban J connectivity index is 3.12. The second-order valence-electron chi connectivity index (χ2n) is 3.73. The van der Waals surface area contributed by atoms with E-state index in [2.05, 4.69) is 15.0 Å². The smallest absolute Gasteiger partial charge is 0.229 e. The number of amidine groups is 1. The van der Waals surface area contributed by atoms with Crippen molar-refractivity contribution in [1.29, 1.82) is 5.26 Å². The number of thioether (sulfide) groups is 1. The maximum Gasteiger partial charge on any atom is 0.229 e. The lowest BCUT2D eigenvalue weighted by atomic mass is 10.2. The zero-order chi connectivity index (χ0) is 14.5. The van der Waals surface area contributed by atoms with E-state index in [1.807, 2.05) is 0 Å². The molecule has 0 unspecified atom stereocenters. The zero-order valence-electron chi connectivity index (χ0n) is 10.8. The Morgan fingerprint density at radius 1 is 1.47 bits per heavy atom. The van der Waals surface area contributed by atoms with E-state index >= 15 is 0 Å². The lowest BCUT2D eigenvalue weighted by molar-refractivity contribution is 0.607. The highest BCUT2D eigenvalue weighted by Gasteiger charge is 2.06. The predicted octanol–water partition coefficient (Wildman–Crippen LogP) is 1.79. The van der Waals surface area contributed by atoms with Crippen LogP contribution in [0.1, 0.15) is 5.56 Å². The van der Waals surface area contributed by atoms with Gasteiger partial charge < -0.3 is 0 Å². The molecule has 0 aliphatic carbocycles. The normalized spacial score (nSPS) is 11.8. The van der Waals surface area contributed by atoms with Crippen molar-refractivity contribution in [3.8, 4) is 6.19 Å². The number of nitriles is 1. The summed E-state index contributed by atoms with van der Waals surface area (Å²) in [5, 5.41) is 11.4. The monoisotopic (exact) mass is 298 g/mol. The molecule has 0 radical (unpaired) electrons. The number of nitrogens with zero attached hydrogens (tertiary/aromatic N) is 2. The summed E-state index contributed by atoms with van der Waals surface area (Å²) >= 11 is 1.29. The molecule has 0 saturated heterocycles. The van der Waals surface area contributed by atoms with Gasteiger partial charge in [0.05, 0.1) is 17.6 Å². The third-order valence-electron chi connectivity index (χ3n) is 2.10. The van der Waals surface area contributed by atoms with Gasteiger partial charge >= 0.3 is 0 Å². The number of nitrogens with one attached hydrogen (secondary N) is 2. The van der Waals surface area contributed by atoms with Crippen molar-refractivity contribution in [1.82, 2.24) is 5.32 Å². The molecule has 0 heterocycles. The fraction of sp³-hybridized carbons (Fsp3) is 0.273. The van der Waals surface area contributed by atoms with Gasteiger partial charge in [0.15, 0.2) is 11.4 Å². The summed E-state index contributed by atoms with van der Waals surface area (Å²) in [6.45, 7) is 1.80. The van der Waals surface area contributed by atoms with Gasteiger partial charge in [0.25, 0.3) is 0 Å². The average molecular weight is 298 g/mol. The summed E-state index contributed by atoms with van der Waals surface area (Å²) in [7, 11) is -3.33. The summed E-state index contributed by atoms with van der Waals surface area (Å²) in [6.07, 6.45) is 4.67. The van der Waals surface area contributed by atoms with E-state index in [4.69, 9.17) is 5.26 Å². The Labute approximate surface area is 117 Å². The Kier molecular flexibility index (Phi) is 5.20. The number of sulfonamides is 1. The van der Waals surface area contributed by atoms with E-state index in [0.29, 0.717) is 16.5 Å². The number of rotatable bonds is 3. The summed E-state index contributed by atoms with van der Waals surface area (Å²) < 4.78 is 24.9. The van der Waals surface area contributed by atoms with Crippen LogP contribution in [0.2, 0.25) is 0 Å². The van der Waals surface area contributed by atoms with E-state index in [9.17, 15) is 8.42 Å². The van der Waals surface area contributed by atoms with Crippen molar-refractivity contribution in [2.75, 3.05) is 17.2 Å². The number of aryl methyl sites for hydroxylation is 1. The molecule has 0 spiro atoms. The van der Waals surface area contributed by atoms with Gasteiger partial charge in [-0.2, -0.15) is 5.26 Å². The van der Waals surface area contributed by atoms with E-state index in [1.54, 1.807) is 37.6 Å². The van der Waals surface area contributed by atoms with Gasteiger partial charge in [0.2, 0.25) is 10.0 Å². The molecule has 1 rings (SSSR count). The second-order valence-corrected chi connectivity index (χ2v) is 6.27. The molecule has 1 aromatic rings. The van der Waals surface area contributed by atoms with Crippen LogP contribution in [-0.2, 0) is 10.0 Å². The van der Waals surface area contributed by atoms with Crippen molar-refractivity contribution in [3.63, 3.8) is 0 Å². The van der Waals surface area contributed by atoms with Crippen LogP contribution >= 0.6 is 11.8 Å². The highest BCUT2D eigenvalue weighted by molar-refractivity contribution is 8.13. The topological polar surface area (TPSA) is 94.3 Å². The minimum Gasteiger partial charge on any atom is -0.283 e. The molecular formula is C11H14N4O2S2. The molecule has 19 heavy (non-hydrogen) atoms. The zero-order valence-corrected chi connectivity index (χ0v) is 12.4. The Morgan fingerprint density at radius 2 is 2.16 bits per heavy atom. The first-order chi connectivity index (χ1) is 8.85. The molecule has 0 saturated carbocycles. The quantitative estimate of drug-likeness (QED) is 0.384.